The summed E-state index contributed by atoms with van der Waals surface area (Å²) in [5, 5.41) is 6.60. The molecule has 0 unspecified atom stereocenters. The SMILES string of the molecule is CC(=O)OC[C@H](NC(=NCc1ccccc1)Nc1ccccc1)[C@H]1O[C@@H]2OC(C)(C)O[C@@H]2[C@H]1OC(C)=O. The van der Waals surface area contributed by atoms with Crippen LogP contribution in [0, 0.1) is 0 Å². The number of carbonyl (C=O) groups excluding carboxylic acids is 2. The van der Waals surface area contributed by atoms with Gasteiger partial charge in [-0.05, 0) is 31.5 Å². The van der Waals surface area contributed by atoms with Crippen molar-refractivity contribution in [3.8, 4) is 0 Å². The van der Waals surface area contributed by atoms with Gasteiger partial charge in [0.15, 0.2) is 30.2 Å². The fraction of sp³-hybridized carbons (Fsp3) is 0.444. The van der Waals surface area contributed by atoms with E-state index in [1.165, 1.54) is 13.8 Å². The molecule has 198 valence electrons. The highest BCUT2D eigenvalue weighted by molar-refractivity contribution is 5.93. The molecule has 0 bridgehead atoms. The fourth-order valence-corrected chi connectivity index (χ4v) is 4.29. The van der Waals surface area contributed by atoms with Crippen molar-refractivity contribution in [2.24, 2.45) is 4.99 Å². The molecule has 2 heterocycles. The van der Waals surface area contributed by atoms with E-state index in [1.54, 1.807) is 13.8 Å². The van der Waals surface area contributed by atoms with Gasteiger partial charge in [0, 0.05) is 19.5 Å². The molecule has 2 saturated heterocycles. The molecular weight excluding hydrogens is 478 g/mol. The Bertz CT molecular complexity index is 1090. The molecule has 4 rings (SSSR count). The number of fused-ring (bicyclic) bond motifs is 1. The Kier molecular flexibility index (Phi) is 8.42. The highest BCUT2D eigenvalue weighted by Gasteiger charge is 2.58. The zero-order chi connectivity index (χ0) is 26.4. The van der Waals surface area contributed by atoms with Gasteiger partial charge in [-0.25, -0.2) is 4.99 Å². The Morgan fingerprint density at radius 1 is 1.00 bits per heavy atom. The van der Waals surface area contributed by atoms with Crippen LogP contribution in [0.3, 0.4) is 0 Å². The first kappa shape index (κ1) is 26.6. The second-order valence-electron chi connectivity index (χ2n) is 9.34. The van der Waals surface area contributed by atoms with Crippen LogP contribution < -0.4 is 10.6 Å². The van der Waals surface area contributed by atoms with Crippen LogP contribution in [0.2, 0.25) is 0 Å². The maximum absolute atomic E-state index is 12.0. The third-order valence-corrected chi connectivity index (χ3v) is 5.81. The number of hydrogen-bond donors (Lipinski definition) is 2. The molecule has 10 nitrogen and oxygen atoms in total. The van der Waals surface area contributed by atoms with Crippen LogP contribution in [0.15, 0.2) is 65.7 Å². The molecule has 2 aromatic carbocycles. The van der Waals surface area contributed by atoms with E-state index in [4.69, 9.17) is 28.7 Å². The Morgan fingerprint density at radius 3 is 2.32 bits per heavy atom. The number of hydrogen-bond acceptors (Lipinski definition) is 8. The lowest BCUT2D eigenvalue weighted by Crippen LogP contribution is -2.54. The zero-order valence-corrected chi connectivity index (χ0v) is 21.4. The van der Waals surface area contributed by atoms with Gasteiger partial charge in [0.1, 0.15) is 12.7 Å². The van der Waals surface area contributed by atoms with E-state index in [-0.39, 0.29) is 6.61 Å². The Hall–Kier alpha value is -3.47. The largest absolute Gasteiger partial charge is 0.464 e. The molecule has 2 aliphatic rings. The van der Waals surface area contributed by atoms with Gasteiger partial charge in [0.05, 0.1) is 12.6 Å². The summed E-state index contributed by atoms with van der Waals surface area (Å²) in [4.78, 5) is 28.4. The Balaban J connectivity index is 1.61. The van der Waals surface area contributed by atoms with Crippen molar-refractivity contribution in [1.29, 1.82) is 0 Å². The quantitative estimate of drug-likeness (QED) is 0.313. The minimum absolute atomic E-state index is 0.0680. The molecule has 0 spiro atoms. The summed E-state index contributed by atoms with van der Waals surface area (Å²) >= 11 is 0. The number of nitrogens with one attached hydrogen (secondary N) is 2. The first-order chi connectivity index (χ1) is 17.7. The van der Waals surface area contributed by atoms with Crippen molar-refractivity contribution in [3.63, 3.8) is 0 Å². The van der Waals surface area contributed by atoms with Crippen LogP contribution in [-0.2, 0) is 39.8 Å². The van der Waals surface area contributed by atoms with Crippen molar-refractivity contribution in [3.05, 3.63) is 66.2 Å². The lowest BCUT2D eigenvalue weighted by molar-refractivity contribution is -0.222. The average molecular weight is 512 g/mol. The predicted octanol–water partition coefficient (Wildman–Crippen LogP) is 2.98. The van der Waals surface area contributed by atoms with E-state index in [1.807, 2.05) is 60.7 Å². The van der Waals surface area contributed by atoms with E-state index in [0.717, 1.165) is 11.3 Å². The first-order valence-electron chi connectivity index (χ1n) is 12.2. The number of benzene rings is 2. The second kappa shape index (κ2) is 11.7. The maximum Gasteiger partial charge on any atom is 0.303 e. The predicted molar refractivity (Wildman–Crippen MR) is 135 cm³/mol. The minimum Gasteiger partial charge on any atom is -0.464 e. The monoisotopic (exact) mass is 511 g/mol. The molecule has 2 fully saturated rings. The number of esters is 2. The van der Waals surface area contributed by atoms with Gasteiger partial charge < -0.3 is 34.3 Å². The molecule has 2 N–H and O–H groups in total. The number of aliphatic imine (C=N–C) groups is 1. The number of nitrogens with zero attached hydrogens (tertiary/aromatic N) is 1. The summed E-state index contributed by atoms with van der Waals surface area (Å²) in [7, 11) is 0. The fourth-order valence-electron chi connectivity index (χ4n) is 4.29. The molecule has 5 atom stereocenters. The summed E-state index contributed by atoms with van der Waals surface area (Å²) in [6, 6.07) is 18.7. The molecular formula is C27H33N3O7. The Morgan fingerprint density at radius 2 is 1.68 bits per heavy atom. The smallest absolute Gasteiger partial charge is 0.303 e. The van der Waals surface area contributed by atoms with Crippen molar-refractivity contribution in [2.45, 2.75) is 70.7 Å². The summed E-state index contributed by atoms with van der Waals surface area (Å²) in [5.41, 5.74) is 1.82. The van der Waals surface area contributed by atoms with Gasteiger partial charge in [-0.2, -0.15) is 0 Å². The van der Waals surface area contributed by atoms with E-state index in [0.29, 0.717) is 12.5 Å². The molecule has 0 amide bonds. The van der Waals surface area contributed by atoms with Crippen molar-refractivity contribution >= 4 is 23.6 Å². The number of carbonyl (C=O) groups is 2. The van der Waals surface area contributed by atoms with Crippen LogP contribution in [0.5, 0.6) is 0 Å². The number of guanidine groups is 1. The molecule has 10 heteroatoms. The summed E-state index contributed by atoms with van der Waals surface area (Å²) in [6.07, 6.45) is -2.95. The maximum atomic E-state index is 12.0. The van der Waals surface area contributed by atoms with Crippen molar-refractivity contribution in [1.82, 2.24) is 5.32 Å². The van der Waals surface area contributed by atoms with E-state index >= 15 is 0 Å². The van der Waals surface area contributed by atoms with Crippen LogP contribution >= 0.6 is 0 Å². The topological polar surface area (TPSA) is 117 Å². The lowest BCUT2D eigenvalue weighted by Gasteiger charge is -2.31. The van der Waals surface area contributed by atoms with Crippen LogP contribution in [0.4, 0.5) is 5.69 Å². The number of ether oxygens (including phenoxy) is 5. The van der Waals surface area contributed by atoms with E-state index in [9.17, 15) is 9.59 Å². The van der Waals surface area contributed by atoms with Gasteiger partial charge in [0.2, 0.25) is 0 Å². The van der Waals surface area contributed by atoms with Crippen LogP contribution in [-0.4, -0.2) is 60.9 Å². The normalized spacial score (nSPS) is 25.1. The number of rotatable bonds is 8. The number of para-hydroxylation sites is 1. The summed E-state index contributed by atoms with van der Waals surface area (Å²) in [5.74, 6) is -1.41. The highest BCUT2D eigenvalue weighted by Crippen LogP contribution is 2.39. The number of anilines is 1. The van der Waals surface area contributed by atoms with Gasteiger partial charge >= 0.3 is 11.9 Å². The van der Waals surface area contributed by atoms with Crippen LogP contribution in [0.1, 0.15) is 33.3 Å². The molecule has 0 aromatic heterocycles. The molecule has 2 aliphatic heterocycles. The average Bonchev–Trinajstić information content (AvgIpc) is 3.33. The third kappa shape index (κ3) is 7.28. The van der Waals surface area contributed by atoms with Crippen molar-refractivity contribution < 1.29 is 33.3 Å². The molecule has 0 radical (unpaired) electrons. The summed E-state index contributed by atoms with van der Waals surface area (Å²) in [6.45, 7) is 6.51. The van der Waals surface area contributed by atoms with Gasteiger partial charge in [-0.3, -0.25) is 9.59 Å². The second-order valence-corrected chi connectivity index (χ2v) is 9.34. The van der Waals surface area contributed by atoms with Crippen LogP contribution in [0.25, 0.3) is 0 Å². The molecule has 0 saturated carbocycles. The minimum atomic E-state index is -0.894. The summed E-state index contributed by atoms with van der Waals surface area (Å²) < 4.78 is 29.1. The first-order valence-corrected chi connectivity index (χ1v) is 12.2. The van der Waals surface area contributed by atoms with Gasteiger partial charge in [-0.1, -0.05) is 48.5 Å². The van der Waals surface area contributed by atoms with Gasteiger partial charge in [-0.15, -0.1) is 0 Å². The van der Waals surface area contributed by atoms with E-state index in [2.05, 4.69) is 10.6 Å². The highest BCUT2D eigenvalue weighted by atomic mass is 16.8. The third-order valence-electron chi connectivity index (χ3n) is 5.81. The molecule has 2 aromatic rings. The Labute approximate surface area is 216 Å². The lowest BCUT2D eigenvalue weighted by atomic mass is 10.0. The standard InChI is InChI=1S/C27H33N3O7/c1-17(31)33-16-21(22-23(34-18(2)32)24-25(35-22)37-27(3,4)36-24)30-26(29-20-13-9-6-10-14-20)28-15-19-11-7-5-8-12-19/h5-14,21-25H,15-16H2,1-4H3,(H2,28,29,30)/t21-,22+,23-,24+,25+/m0/s1. The molecule has 0 aliphatic carbocycles. The van der Waals surface area contributed by atoms with Gasteiger partial charge in [0.25, 0.3) is 0 Å². The van der Waals surface area contributed by atoms with E-state index < -0.39 is 48.4 Å². The van der Waals surface area contributed by atoms with Crippen molar-refractivity contribution in [2.75, 3.05) is 11.9 Å². The molecule has 37 heavy (non-hydrogen) atoms. The zero-order valence-electron chi connectivity index (χ0n) is 21.4.